The van der Waals surface area contributed by atoms with Gasteiger partial charge in [0.15, 0.2) is 5.75 Å². The van der Waals surface area contributed by atoms with Gasteiger partial charge in [-0.3, -0.25) is 4.79 Å². The van der Waals surface area contributed by atoms with Crippen molar-refractivity contribution in [2.45, 2.75) is 10.6 Å². The van der Waals surface area contributed by atoms with Crippen LogP contribution in [0.2, 0.25) is 0 Å². The van der Waals surface area contributed by atoms with Crippen LogP contribution in [0.3, 0.4) is 0 Å². The van der Waals surface area contributed by atoms with E-state index in [4.69, 9.17) is 9.52 Å². The van der Waals surface area contributed by atoms with E-state index >= 15 is 0 Å². The van der Waals surface area contributed by atoms with Crippen LogP contribution in [0.15, 0.2) is 55.2 Å². The second-order valence-corrected chi connectivity index (χ2v) is 5.31. The molecule has 1 N–H and O–H groups in total. The Hall–Kier alpha value is -1.20. The highest BCUT2D eigenvalue weighted by Crippen LogP contribution is 2.25. The SMILES string of the molecule is O=c1cc(CSc2cccc(Br)c2)occ1O. The molecule has 17 heavy (non-hydrogen) atoms. The average molecular weight is 313 g/mol. The van der Waals surface area contributed by atoms with Gasteiger partial charge in [0.2, 0.25) is 5.43 Å². The Labute approximate surface area is 111 Å². The van der Waals surface area contributed by atoms with Crippen LogP contribution < -0.4 is 5.43 Å². The molecule has 0 fully saturated rings. The van der Waals surface area contributed by atoms with Crippen LogP contribution in [0.4, 0.5) is 0 Å². The highest BCUT2D eigenvalue weighted by molar-refractivity contribution is 9.10. The third-order valence-electron chi connectivity index (χ3n) is 2.04. The predicted octanol–water partition coefficient (Wildman–Crippen LogP) is 3.40. The first-order chi connectivity index (χ1) is 8.15. The van der Waals surface area contributed by atoms with E-state index < -0.39 is 5.43 Å². The number of thioether (sulfide) groups is 1. The predicted molar refractivity (Wildman–Crippen MR) is 70.3 cm³/mol. The molecular weight excluding hydrogens is 304 g/mol. The molecule has 0 bridgehead atoms. The van der Waals surface area contributed by atoms with Gasteiger partial charge in [0.05, 0.1) is 5.75 Å². The summed E-state index contributed by atoms with van der Waals surface area (Å²) < 4.78 is 6.12. The van der Waals surface area contributed by atoms with Crippen molar-refractivity contribution in [1.29, 1.82) is 0 Å². The van der Waals surface area contributed by atoms with Crippen molar-refractivity contribution in [2.24, 2.45) is 0 Å². The minimum atomic E-state index is -0.416. The maximum absolute atomic E-state index is 11.2. The molecule has 1 aromatic carbocycles. The van der Waals surface area contributed by atoms with Crippen LogP contribution in [0.5, 0.6) is 5.75 Å². The summed E-state index contributed by atoms with van der Waals surface area (Å²) >= 11 is 4.95. The summed E-state index contributed by atoms with van der Waals surface area (Å²) in [6.45, 7) is 0. The number of hydrogen-bond donors (Lipinski definition) is 1. The summed E-state index contributed by atoms with van der Waals surface area (Å²) in [5.74, 6) is 0.727. The zero-order chi connectivity index (χ0) is 12.3. The molecule has 2 aromatic rings. The van der Waals surface area contributed by atoms with Crippen LogP contribution in [0.1, 0.15) is 5.76 Å². The second kappa shape index (κ2) is 5.42. The van der Waals surface area contributed by atoms with Crippen molar-refractivity contribution in [3.8, 4) is 5.75 Å². The van der Waals surface area contributed by atoms with E-state index in [-0.39, 0.29) is 5.75 Å². The van der Waals surface area contributed by atoms with Gasteiger partial charge >= 0.3 is 0 Å². The van der Waals surface area contributed by atoms with Crippen molar-refractivity contribution in [1.82, 2.24) is 0 Å². The molecule has 0 saturated carbocycles. The third-order valence-corrected chi connectivity index (χ3v) is 3.55. The van der Waals surface area contributed by atoms with Gasteiger partial charge in [-0.25, -0.2) is 0 Å². The molecule has 0 radical (unpaired) electrons. The third kappa shape index (κ3) is 3.38. The Kier molecular flexibility index (Phi) is 3.91. The molecule has 2 rings (SSSR count). The molecule has 88 valence electrons. The number of rotatable bonds is 3. The largest absolute Gasteiger partial charge is 0.502 e. The zero-order valence-corrected chi connectivity index (χ0v) is 11.1. The average Bonchev–Trinajstić information content (AvgIpc) is 2.31. The molecule has 0 atom stereocenters. The summed E-state index contributed by atoms with van der Waals surface area (Å²) in [6, 6.07) is 9.17. The minimum Gasteiger partial charge on any atom is -0.502 e. The second-order valence-electron chi connectivity index (χ2n) is 3.34. The normalized spacial score (nSPS) is 10.4. The zero-order valence-electron chi connectivity index (χ0n) is 8.72. The van der Waals surface area contributed by atoms with Crippen LogP contribution in [0, 0.1) is 0 Å². The molecule has 0 aliphatic carbocycles. The lowest BCUT2D eigenvalue weighted by atomic mass is 10.4. The quantitative estimate of drug-likeness (QED) is 0.882. The van der Waals surface area contributed by atoms with Crippen molar-refractivity contribution in [3.05, 3.63) is 57.1 Å². The highest BCUT2D eigenvalue weighted by Gasteiger charge is 2.03. The summed E-state index contributed by atoms with van der Waals surface area (Å²) in [5, 5.41) is 9.05. The lowest BCUT2D eigenvalue weighted by Crippen LogP contribution is -1.98. The standard InChI is InChI=1S/C12H9BrO3S/c13-8-2-1-3-10(4-8)17-7-9-5-11(14)12(15)6-16-9/h1-6,15H,7H2. The summed E-state index contributed by atoms with van der Waals surface area (Å²) in [5.41, 5.74) is -0.416. The minimum absolute atomic E-state index is 0.360. The Bertz CT molecular complexity index is 580. The van der Waals surface area contributed by atoms with E-state index in [1.54, 1.807) is 11.8 Å². The molecule has 0 spiro atoms. The van der Waals surface area contributed by atoms with E-state index in [0.29, 0.717) is 11.5 Å². The van der Waals surface area contributed by atoms with Gasteiger partial charge in [-0.1, -0.05) is 22.0 Å². The molecule has 5 heteroatoms. The molecular formula is C12H9BrO3S. The van der Waals surface area contributed by atoms with Gasteiger partial charge in [0.25, 0.3) is 0 Å². The molecule has 3 nitrogen and oxygen atoms in total. The molecule has 1 aromatic heterocycles. The van der Waals surface area contributed by atoms with Gasteiger partial charge in [-0.15, -0.1) is 11.8 Å². The van der Waals surface area contributed by atoms with E-state index in [2.05, 4.69) is 15.9 Å². The van der Waals surface area contributed by atoms with Crippen molar-refractivity contribution >= 4 is 27.7 Å². The Morgan fingerprint density at radius 3 is 2.88 bits per heavy atom. The van der Waals surface area contributed by atoms with Gasteiger partial charge in [-0.2, -0.15) is 0 Å². The first-order valence-corrected chi connectivity index (χ1v) is 6.62. The van der Waals surface area contributed by atoms with Crippen molar-refractivity contribution in [3.63, 3.8) is 0 Å². The van der Waals surface area contributed by atoms with Crippen LogP contribution in [-0.2, 0) is 5.75 Å². The van der Waals surface area contributed by atoms with Crippen LogP contribution >= 0.6 is 27.7 Å². The van der Waals surface area contributed by atoms with Crippen molar-refractivity contribution in [2.75, 3.05) is 0 Å². The van der Waals surface area contributed by atoms with Crippen LogP contribution in [-0.4, -0.2) is 5.11 Å². The molecule has 0 amide bonds. The van der Waals surface area contributed by atoms with Crippen LogP contribution in [0.25, 0.3) is 0 Å². The first kappa shape index (κ1) is 12.3. The maximum atomic E-state index is 11.2. The molecule has 1 heterocycles. The first-order valence-electron chi connectivity index (χ1n) is 4.84. The number of halogens is 1. The molecule has 0 aliphatic heterocycles. The van der Waals surface area contributed by atoms with E-state index in [1.807, 2.05) is 24.3 Å². The van der Waals surface area contributed by atoms with Gasteiger partial charge < -0.3 is 9.52 Å². The topological polar surface area (TPSA) is 50.4 Å². The van der Waals surface area contributed by atoms with Gasteiger partial charge in [0, 0.05) is 15.4 Å². The number of hydrogen-bond acceptors (Lipinski definition) is 4. The lowest BCUT2D eigenvalue weighted by molar-refractivity contribution is 0.419. The number of aromatic hydroxyl groups is 1. The summed E-state index contributed by atoms with van der Waals surface area (Å²) in [4.78, 5) is 12.3. The highest BCUT2D eigenvalue weighted by atomic mass is 79.9. The summed E-state index contributed by atoms with van der Waals surface area (Å²) in [6.07, 6.45) is 1.07. The fourth-order valence-corrected chi connectivity index (χ4v) is 2.63. The fraction of sp³-hybridized carbons (Fsp3) is 0.0833. The van der Waals surface area contributed by atoms with Gasteiger partial charge in [0.1, 0.15) is 12.0 Å². The monoisotopic (exact) mass is 312 g/mol. The van der Waals surface area contributed by atoms with Crippen molar-refractivity contribution < 1.29 is 9.52 Å². The molecule has 0 aliphatic rings. The fourth-order valence-electron chi connectivity index (χ4n) is 1.23. The van der Waals surface area contributed by atoms with E-state index in [9.17, 15) is 4.79 Å². The Balaban J connectivity index is 2.07. The molecule has 0 unspecified atom stereocenters. The van der Waals surface area contributed by atoms with E-state index in [0.717, 1.165) is 15.6 Å². The van der Waals surface area contributed by atoms with E-state index in [1.165, 1.54) is 6.07 Å². The molecule has 0 saturated heterocycles. The summed E-state index contributed by atoms with van der Waals surface area (Å²) in [7, 11) is 0. The van der Waals surface area contributed by atoms with Gasteiger partial charge in [-0.05, 0) is 18.2 Å². The Morgan fingerprint density at radius 2 is 2.18 bits per heavy atom. The smallest absolute Gasteiger partial charge is 0.226 e. The lowest BCUT2D eigenvalue weighted by Gasteiger charge is -2.01. The Morgan fingerprint density at radius 1 is 1.35 bits per heavy atom. The number of benzene rings is 1. The maximum Gasteiger partial charge on any atom is 0.226 e.